The zero-order valence-corrected chi connectivity index (χ0v) is 19.4. The number of amides is 2. The van der Waals surface area contributed by atoms with E-state index in [1.807, 2.05) is 36.4 Å². The molecule has 0 saturated heterocycles. The summed E-state index contributed by atoms with van der Waals surface area (Å²) >= 11 is 0. The largest absolute Gasteiger partial charge is 0.416 e. The highest BCUT2D eigenvalue weighted by Gasteiger charge is 2.38. The number of halogens is 6. The minimum absolute atomic E-state index is 0.00861. The van der Waals surface area contributed by atoms with E-state index in [0.29, 0.717) is 33.5 Å². The Hall–Kier alpha value is -4.53. The second-order valence-electron chi connectivity index (χ2n) is 8.65. The quantitative estimate of drug-likeness (QED) is 0.235. The van der Waals surface area contributed by atoms with Gasteiger partial charge >= 0.3 is 18.4 Å². The van der Waals surface area contributed by atoms with Crippen LogP contribution in [0.4, 0.5) is 42.5 Å². The predicted molar refractivity (Wildman–Crippen MR) is 135 cm³/mol. The van der Waals surface area contributed by atoms with Crippen LogP contribution < -0.4 is 10.6 Å². The number of benzene rings is 5. The van der Waals surface area contributed by atoms with Crippen LogP contribution in [-0.4, -0.2) is 6.03 Å². The highest BCUT2D eigenvalue weighted by molar-refractivity contribution is 6.14. The lowest BCUT2D eigenvalue weighted by Crippen LogP contribution is -2.32. The van der Waals surface area contributed by atoms with Crippen molar-refractivity contribution >= 4 is 39.0 Å². The molecule has 0 aliphatic heterocycles. The molecule has 0 bridgehead atoms. The fourth-order valence-corrected chi connectivity index (χ4v) is 4.63. The van der Waals surface area contributed by atoms with Crippen LogP contribution in [-0.2, 0) is 12.4 Å². The van der Waals surface area contributed by atoms with Crippen molar-refractivity contribution in [2.24, 2.45) is 5.73 Å². The number of fused-ring (bicyclic) bond motifs is 2. The lowest BCUT2D eigenvalue weighted by Gasteiger charge is -2.27. The number of alkyl halides is 6. The average Bonchev–Trinajstić information content (AvgIpc) is 2.87. The van der Waals surface area contributed by atoms with Gasteiger partial charge in [-0.1, -0.05) is 72.8 Å². The Kier molecular flexibility index (Phi) is 6.01. The normalized spacial score (nSPS) is 12.2. The number of anilines is 2. The van der Waals surface area contributed by atoms with E-state index in [2.05, 4.69) is 0 Å². The monoisotopic (exact) mass is 524 g/mol. The van der Waals surface area contributed by atoms with E-state index in [9.17, 15) is 31.1 Å². The van der Waals surface area contributed by atoms with Gasteiger partial charge in [0.1, 0.15) is 0 Å². The Morgan fingerprint density at radius 1 is 0.632 bits per heavy atom. The molecule has 0 aliphatic rings. The van der Waals surface area contributed by atoms with E-state index in [0.717, 1.165) is 16.2 Å². The van der Waals surface area contributed by atoms with E-state index >= 15 is 0 Å². The van der Waals surface area contributed by atoms with Crippen LogP contribution in [0.25, 0.3) is 32.7 Å². The van der Waals surface area contributed by atoms with Gasteiger partial charge in [-0.3, -0.25) is 4.90 Å². The number of hydrogen-bond donors (Lipinski definition) is 1. The fraction of sp³-hybridized carbons (Fsp3) is 0.0690. The van der Waals surface area contributed by atoms with Gasteiger partial charge in [0.25, 0.3) is 0 Å². The molecule has 5 aromatic carbocycles. The van der Waals surface area contributed by atoms with Crippen molar-refractivity contribution in [3.05, 3.63) is 108 Å². The van der Waals surface area contributed by atoms with Gasteiger partial charge < -0.3 is 5.73 Å². The highest BCUT2D eigenvalue weighted by atomic mass is 19.4. The summed E-state index contributed by atoms with van der Waals surface area (Å²) in [5, 5.41) is 3.02. The second kappa shape index (κ2) is 9.09. The third-order valence-corrected chi connectivity index (χ3v) is 6.26. The molecule has 2 amide bonds. The van der Waals surface area contributed by atoms with Crippen molar-refractivity contribution < 1.29 is 31.1 Å². The van der Waals surface area contributed by atoms with Crippen LogP contribution in [0.2, 0.25) is 0 Å². The SMILES string of the molecule is NC(=O)N(c1cc(C(F)(F)F)cc(C(F)(F)F)c1)c1ccc2ccccc2c1-c1cccc2ccccc12. The topological polar surface area (TPSA) is 46.3 Å². The molecule has 0 unspecified atom stereocenters. The minimum atomic E-state index is -5.10. The molecular weight excluding hydrogens is 506 g/mol. The summed E-state index contributed by atoms with van der Waals surface area (Å²) in [4.78, 5) is 13.5. The predicted octanol–water partition coefficient (Wildman–Crippen LogP) is 8.91. The number of primary amides is 1. The highest BCUT2D eigenvalue weighted by Crippen LogP contribution is 2.45. The maximum Gasteiger partial charge on any atom is 0.416 e. The number of hydrogen-bond acceptors (Lipinski definition) is 1. The van der Waals surface area contributed by atoms with Gasteiger partial charge in [-0.25, -0.2) is 4.79 Å². The number of urea groups is 1. The van der Waals surface area contributed by atoms with Crippen LogP contribution in [0.1, 0.15) is 11.1 Å². The van der Waals surface area contributed by atoms with Gasteiger partial charge in [0, 0.05) is 5.56 Å². The standard InChI is InChI=1S/C29H18F6N2O/c30-28(31,32)19-14-20(29(33,34)35)16-21(15-19)37(27(36)38)25-13-12-18-7-2-4-10-23(18)26(25)24-11-5-8-17-6-1-3-9-22(17)24/h1-16H,(H2,36,38). The van der Waals surface area contributed by atoms with Crippen molar-refractivity contribution in [3.63, 3.8) is 0 Å². The Labute approximate surface area is 212 Å². The molecule has 9 heteroatoms. The van der Waals surface area contributed by atoms with Crippen LogP contribution in [0.15, 0.2) is 97.1 Å². The molecule has 2 N–H and O–H groups in total. The molecular formula is C29H18F6N2O. The third-order valence-electron chi connectivity index (χ3n) is 6.26. The van der Waals surface area contributed by atoms with Crippen LogP contribution in [0, 0.1) is 0 Å². The van der Waals surface area contributed by atoms with Gasteiger partial charge in [-0.2, -0.15) is 26.3 Å². The second-order valence-corrected chi connectivity index (χ2v) is 8.65. The van der Waals surface area contributed by atoms with E-state index in [4.69, 9.17) is 5.73 Å². The molecule has 0 heterocycles. The number of rotatable bonds is 3. The van der Waals surface area contributed by atoms with Crippen LogP contribution in [0.5, 0.6) is 0 Å². The van der Waals surface area contributed by atoms with Crippen molar-refractivity contribution in [2.75, 3.05) is 4.90 Å². The summed E-state index contributed by atoms with van der Waals surface area (Å²) in [5.74, 6) is 0. The molecule has 5 aromatic rings. The Balaban J connectivity index is 1.87. The smallest absolute Gasteiger partial charge is 0.351 e. The van der Waals surface area contributed by atoms with Crippen molar-refractivity contribution in [1.82, 2.24) is 0 Å². The first kappa shape index (κ1) is 25.1. The molecule has 0 spiro atoms. The summed E-state index contributed by atoms with van der Waals surface area (Å²) in [5.41, 5.74) is 2.99. The third kappa shape index (κ3) is 4.51. The van der Waals surface area contributed by atoms with Crippen molar-refractivity contribution in [2.45, 2.75) is 12.4 Å². The summed E-state index contributed by atoms with van der Waals surface area (Å²) in [7, 11) is 0. The van der Waals surface area contributed by atoms with Gasteiger partial charge in [0.15, 0.2) is 0 Å². The summed E-state index contributed by atoms with van der Waals surface area (Å²) in [6, 6.07) is 22.8. The van der Waals surface area contributed by atoms with Gasteiger partial charge in [-0.05, 0) is 51.4 Å². The maximum atomic E-state index is 13.6. The molecule has 0 fully saturated rings. The lowest BCUT2D eigenvalue weighted by molar-refractivity contribution is -0.143. The zero-order chi connectivity index (χ0) is 27.2. The molecule has 0 aromatic heterocycles. The number of carbonyl (C=O) groups is 1. The first-order valence-corrected chi connectivity index (χ1v) is 11.3. The molecule has 192 valence electrons. The van der Waals surface area contributed by atoms with Gasteiger partial charge in [-0.15, -0.1) is 0 Å². The molecule has 0 aliphatic carbocycles. The Bertz CT molecular complexity index is 1650. The molecule has 5 rings (SSSR count). The van der Waals surface area contributed by atoms with Crippen molar-refractivity contribution in [3.8, 4) is 11.1 Å². The first-order chi connectivity index (χ1) is 17.9. The maximum absolute atomic E-state index is 13.6. The van der Waals surface area contributed by atoms with E-state index in [-0.39, 0.29) is 11.8 Å². The molecule has 0 radical (unpaired) electrons. The fourth-order valence-electron chi connectivity index (χ4n) is 4.63. The molecule has 0 saturated carbocycles. The van der Waals surface area contributed by atoms with Crippen LogP contribution >= 0.6 is 0 Å². The number of nitrogens with two attached hydrogens (primary N) is 1. The Morgan fingerprint density at radius 2 is 1.16 bits per heavy atom. The summed E-state index contributed by atoms with van der Waals surface area (Å²) < 4.78 is 81.8. The van der Waals surface area contributed by atoms with Gasteiger partial charge in [0.2, 0.25) is 0 Å². The Morgan fingerprint density at radius 3 is 1.74 bits per heavy atom. The molecule has 3 nitrogen and oxygen atoms in total. The lowest BCUT2D eigenvalue weighted by atomic mass is 9.92. The van der Waals surface area contributed by atoms with E-state index < -0.39 is 35.2 Å². The summed E-state index contributed by atoms with van der Waals surface area (Å²) in [6.45, 7) is 0. The summed E-state index contributed by atoms with van der Waals surface area (Å²) in [6.07, 6.45) is -10.2. The number of nitrogens with zero attached hydrogens (tertiary/aromatic N) is 1. The zero-order valence-electron chi connectivity index (χ0n) is 19.4. The first-order valence-electron chi connectivity index (χ1n) is 11.3. The van der Waals surface area contributed by atoms with E-state index in [1.165, 1.54) is 6.07 Å². The van der Waals surface area contributed by atoms with Gasteiger partial charge in [0.05, 0.1) is 22.5 Å². The molecule has 0 atom stereocenters. The van der Waals surface area contributed by atoms with Crippen LogP contribution in [0.3, 0.4) is 0 Å². The molecule has 38 heavy (non-hydrogen) atoms. The number of carbonyl (C=O) groups excluding carboxylic acids is 1. The minimum Gasteiger partial charge on any atom is -0.351 e. The van der Waals surface area contributed by atoms with Crippen molar-refractivity contribution in [1.29, 1.82) is 0 Å². The van der Waals surface area contributed by atoms with E-state index in [1.54, 1.807) is 36.4 Å². The average molecular weight is 524 g/mol.